The van der Waals surface area contributed by atoms with Gasteiger partial charge in [-0.2, -0.15) is 0 Å². The third-order valence-electron chi connectivity index (χ3n) is 4.74. The van der Waals surface area contributed by atoms with E-state index in [0.717, 1.165) is 10.9 Å². The van der Waals surface area contributed by atoms with Crippen LogP contribution in [0.5, 0.6) is 0 Å². The lowest BCUT2D eigenvalue weighted by Crippen LogP contribution is -2.16. The molecule has 1 heterocycles. The summed E-state index contributed by atoms with van der Waals surface area (Å²) in [5, 5.41) is 10.0. The number of aryl methyl sites for hydroxylation is 1. The average Bonchev–Trinajstić information content (AvgIpc) is 3.28. The highest BCUT2D eigenvalue weighted by Crippen LogP contribution is 2.49. The van der Waals surface area contributed by atoms with E-state index in [4.69, 9.17) is 0 Å². The van der Waals surface area contributed by atoms with Gasteiger partial charge in [0.2, 0.25) is 0 Å². The van der Waals surface area contributed by atoms with Crippen molar-refractivity contribution in [3.05, 3.63) is 65.9 Å². The van der Waals surface area contributed by atoms with E-state index < -0.39 is 21.9 Å². The Balaban J connectivity index is 1.94. The Labute approximate surface area is 145 Å². The molecule has 5 nitrogen and oxygen atoms in total. The smallest absolute Gasteiger partial charge is 0.307 e. The number of fused-ring (bicyclic) bond motifs is 1. The Hall–Kier alpha value is -2.60. The molecule has 0 unspecified atom stereocenters. The predicted molar refractivity (Wildman–Crippen MR) is 94.2 cm³/mol. The molecule has 25 heavy (non-hydrogen) atoms. The Morgan fingerprint density at radius 2 is 1.80 bits per heavy atom. The monoisotopic (exact) mass is 355 g/mol. The number of para-hydroxylation sites is 1. The molecule has 1 aliphatic carbocycles. The Bertz CT molecular complexity index is 1080. The summed E-state index contributed by atoms with van der Waals surface area (Å²) in [5.74, 6) is -1.67. The second-order valence-electron chi connectivity index (χ2n) is 6.50. The number of aromatic nitrogens is 1. The molecule has 0 radical (unpaired) electrons. The maximum absolute atomic E-state index is 13.3. The summed E-state index contributed by atoms with van der Waals surface area (Å²) in [5.41, 5.74) is 2.10. The van der Waals surface area contributed by atoms with Crippen molar-refractivity contribution in [3.63, 3.8) is 0 Å². The van der Waals surface area contributed by atoms with Crippen LogP contribution in [0.1, 0.15) is 23.6 Å². The molecule has 1 N–H and O–H groups in total. The van der Waals surface area contributed by atoms with Gasteiger partial charge in [0.1, 0.15) is 0 Å². The number of benzene rings is 2. The first-order chi connectivity index (χ1) is 11.9. The third-order valence-corrected chi connectivity index (χ3v) is 6.50. The van der Waals surface area contributed by atoms with Crippen LogP contribution in [0, 0.1) is 12.8 Å². The Kier molecular flexibility index (Phi) is 3.47. The molecule has 0 bridgehead atoms. The van der Waals surface area contributed by atoms with E-state index in [2.05, 4.69) is 0 Å². The second kappa shape index (κ2) is 5.46. The van der Waals surface area contributed by atoms with E-state index in [1.54, 1.807) is 42.5 Å². The van der Waals surface area contributed by atoms with Crippen molar-refractivity contribution in [2.24, 2.45) is 5.92 Å². The minimum atomic E-state index is -3.80. The molecule has 1 fully saturated rings. The van der Waals surface area contributed by atoms with E-state index in [9.17, 15) is 18.3 Å². The molecule has 2 aromatic carbocycles. The highest BCUT2D eigenvalue weighted by molar-refractivity contribution is 7.90. The van der Waals surface area contributed by atoms with E-state index in [1.807, 2.05) is 19.1 Å². The van der Waals surface area contributed by atoms with Gasteiger partial charge < -0.3 is 5.11 Å². The van der Waals surface area contributed by atoms with Gasteiger partial charge >= 0.3 is 5.97 Å². The second-order valence-corrected chi connectivity index (χ2v) is 8.28. The minimum absolute atomic E-state index is 0.202. The predicted octanol–water partition coefficient (Wildman–Crippen LogP) is 3.37. The summed E-state index contributed by atoms with van der Waals surface area (Å²) < 4.78 is 27.9. The Morgan fingerprint density at radius 3 is 2.44 bits per heavy atom. The number of carbonyl (C=O) groups is 1. The van der Waals surface area contributed by atoms with Crippen LogP contribution in [-0.2, 0) is 14.8 Å². The van der Waals surface area contributed by atoms with Crippen LogP contribution in [0.3, 0.4) is 0 Å². The molecule has 0 aliphatic heterocycles. The highest BCUT2D eigenvalue weighted by atomic mass is 32.2. The largest absolute Gasteiger partial charge is 0.481 e. The van der Waals surface area contributed by atoms with Crippen LogP contribution in [-0.4, -0.2) is 23.5 Å². The van der Waals surface area contributed by atoms with Gasteiger partial charge in [0.25, 0.3) is 10.0 Å². The van der Waals surface area contributed by atoms with E-state index in [-0.39, 0.29) is 10.8 Å². The lowest BCUT2D eigenvalue weighted by molar-refractivity contribution is -0.138. The van der Waals surface area contributed by atoms with Crippen LogP contribution < -0.4 is 0 Å². The molecule has 0 saturated heterocycles. The van der Waals surface area contributed by atoms with E-state index in [0.29, 0.717) is 17.6 Å². The number of aliphatic carboxylic acids is 1. The molecule has 1 saturated carbocycles. The summed E-state index contributed by atoms with van der Waals surface area (Å²) in [7, 11) is -3.80. The van der Waals surface area contributed by atoms with Crippen molar-refractivity contribution in [2.45, 2.75) is 24.2 Å². The van der Waals surface area contributed by atoms with Crippen LogP contribution >= 0.6 is 0 Å². The quantitative estimate of drug-likeness (QED) is 0.778. The van der Waals surface area contributed by atoms with Gasteiger partial charge in [-0.3, -0.25) is 4.79 Å². The zero-order chi connectivity index (χ0) is 17.8. The standard InChI is InChI=1S/C19H17NO4S/c1-12-6-8-14(9-7-12)25(23,24)20-17-5-3-2-4-13(17)10-18(20)15-11-16(15)19(21)22/h2-10,15-16H,11H2,1H3,(H,21,22)/t15-,16-/m1/s1. The third kappa shape index (κ3) is 2.53. The van der Waals surface area contributed by atoms with Gasteiger partial charge in [0.15, 0.2) is 0 Å². The SMILES string of the molecule is Cc1ccc(S(=O)(=O)n2c([C@@H]3C[C@H]3C(=O)O)cc3ccccc32)cc1. The highest BCUT2D eigenvalue weighted by Gasteiger charge is 2.47. The summed E-state index contributed by atoms with van der Waals surface area (Å²) >= 11 is 0. The van der Waals surface area contributed by atoms with Gasteiger partial charge in [-0.25, -0.2) is 12.4 Å². The van der Waals surface area contributed by atoms with Crippen LogP contribution in [0.25, 0.3) is 10.9 Å². The van der Waals surface area contributed by atoms with Gasteiger partial charge in [0.05, 0.1) is 16.3 Å². The number of carboxylic acid groups (broad SMARTS) is 1. The summed E-state index contributed by atoms with van der Waals surface area (Å²) in [4.78, 5) is 11.5. The molecule has 4 rings (SSSR count). The molecular weight excluding hydrogens is 338 g/mol. The van der Waals surface area contributed by atoms with Crippen molar-refractivity contribution in [1.82, 2.24) is 3.97 Å². The van der Waals surface area contributed by atoms with Crippen LogP contribution in [0.2, 0.25) is 0 Å². The lowest BCUT2D eigenvalue weighted by Gasteiger charge is -2.12. The van der Waals surface area contributed by atoms with Crippen LogP contribution in [0.15, 0.2) is 59.5 Å². The van der Waals surface area contributed by atoms with Crippen LogP contribution in [0.4, 0.5) is 0 Å². The van der Waals surface area contributed by atoms with Crippen molar-refractivity contribution in [3.8, 4) is 0 Å². The van der Waals surface area contributed by atoms with Crippen molar-refractivity contribution in [1.29, 1.82) is 0 Å². The number of hydrogen-bond donors (Lipinski definition) is 1. The van der Waals surface area contributed by atoms with Gasteiger partial charge in [-0.05, 0) is 37.6 Å². The molecule has 3 aromatic rings. The first kappa shape index (κ1) is 15.9. The number of nitrogens with zero attached hydrogens (tertiary/aromatic N) is 1. The molecule has 0 spiro atoms. The zero-order valence-corrected chi connectivity index (χ0v) is 14.4. The molecule has 0 amide bonds. The van der Waals surface area contributed by atoms with Crippen molar-refractivity contribution >= 4 is 26.9 Å². The molecular formula is C19H17NO4S. The average molecular weight is 355 g/mol. The van der Waals surface area contributed by atoms with E-state index >= 15 is 0 Å². The summed E-state index contributed by atoms with van der Waals surface area (Å²) in [6.07, 6.45) is 0.467. The van der Waals surface area contributed by atoms with Gasteiger partial charge in [0, 0.05) is 17.0 Å². The van der Waals surface area contributed by atoms with Crippen molar-refractivity contribution < 1.29 is 18.3 Å². The number of hydrogen-bond acceptors (Lipinski definition) is 3. The fourth-order valence-corrected chi connectivity index (χ4v) is 4.87. The molecule has 2 atom stereocenters. The maximum Gasteiger partial charge on any atom is 0.307 e. The fourth-order valence-electron chi connectivity index (χ4n) is 3.29. The first-order valence-corrected chi connectivity index (χ1v) is 9.49. The maximum atomic E-state index is 13.3. The fraction of sp³-hybridized carbons (Fsp3) is 0.211. The summed E-state index contributed by atoms with van der Waals surface area (Å²) in [6.45, 7) is 1.90. The lowest BCUT2D eigenvalue weighted by atomic mass is 10.2. The molecule has 6 heteroatoms. The summed E-state index contributed by atoms with van der Waals surface area (Å²) in [6, 6.07) is 15.7. The van der Waals surface area contributed by atoms with Crippen molar-refractivity contribution in [2.75, 3.05) is 0 Å². The number of rotatable bonds is 4. The van der Waals surface area contributed by atoms with Gasteiger partial charge in [-0.15, -0.1) is 0 Å². The Morgan fingerprint density at radius 1 is 1.12 bits per heavy atom. The molecule has 1 aromatic heterocycles. The topological polar surface area (TPSA) is 76.4 Å². The van der Waals surface area contributed by atoms with E-state index in [1.165, 1.54) is 3.97 Å². The molecule has 128 valence electrons. The number of carboxylic acids is 1. The van der Waals surface area contributed by atoms with Gasteiger partial charge in [-0.1, -0.05) is 35.9 Å². The first-order valence-electron chi connectivity index (χ1n) is 8.05. The normalized spacial score (nSPS) is 19.9. The molecule has 1 aliphatic rings. The zero-order valence-electron chi connectivity index (χ0n) is 13.6. The minimum Gasteiger partial charge on any atom is -0.481 e.